The van der Waals surface area contributed by atoms with Crippen LogP contribution in [0.3, 0.4) is 0 Å². The first-order valence-electron chi connectivity index (χ1n) is 8.02. The summed E-state index contributed by atoms with van der Waals surface area (Å²) in [4.78, 5) is 19.6. The summed E-state index contributed by atoms with van der Waals surface area (Å²) in [6.07, 6.45) is 5.46. The number of ether oxygens (including phenoxy) is 2. The Labute approximate surface area is 151 Å². The SMILES string of the molecule is C#Cc1cccc(Nc2nc(OCCOC(C)=O)nc3ccccc23)c1. The molecule has 0 saturated carbocycles. The van der Waals surface area contributed by atoms with Crippen LogP contribution in [-0.4, -0.2) is 29.2 Å². The highest BCUT2D eigenvalue weighted by Gasteiger charge is 2.09. The zero-order valence-corrected chi connectivity index (χ0v) is 14.2. The van der Waals surface area contributed by atoms with Crippen LogP contribution in [0, 0.1) is 12.3 Å². The van der Waals surface area contributed by atoms with Gasteiger partial charge in [0.1, 0.15) is 19.0 Å². The van der Waals surface area contributed by atoms with E-state index in [0.717, 1.165) is 22.2 Å². The number of fused-ring (bicyclic) bond motifs is 1. The van der Waals surface area contributed by atoms with Gasteiger partial charge in [-0.2, -0.15) is 9.97 Å². The zero-order valence-electron chi connectivity index (χ0n) is 14.2. The highest BCUT2D eigenvalue weighted by atomic mass is 16.6. The third-order valence-corrected chi connectivity index (χ3v) is 3.49. The average molecular weight is 347 g/mol. The number of terminal acetylenes is 1. The number of nitrogens with one attached hydrogen (secondary N) is 1. The molecular weight excluding hydrogens is 330 g/mol. The van der Waals surface area contributed by atoms with Crippen molar-refractivity contribution in [3.05, 3.63) is 54.1 Å². The molecule has 6 nitrogen and oxygen atoms in total. The van der Waals surface area contributed by atoms with Gasteiger partial charge in [-0.15, -0.1) is 6.42 Å². The van der Waals surface area contributed by atoms with Gasteiger partial charge in [0.15, 0.2) is 0 Å². The monoisotopic (exact) mass is 347 g/mol. The van der Waals surface area contributed by atoms with E-state index in [1.165, 1.54) is 6.92 Å². The summed E-state index contributed by atoms with van der Waals surface area (Å²) >= 11 is 0. The summed E-state index contributed by atoms with van der Waals surface area (Å²) in [7, 11) is 0. The second-order valence-corrected chi connectivity index (χ2v) is 5.41. The van der Waals surface area contributed by atoms with Crippen molar-refractivity contribution < 1.29 is 14.3 Å². The van der Waals surface area contributed by atoms with Crippen molar-refractivity contribution in [1.29, 1.82) is 0 Å². The van der Waals surface area contributed by atoms with E-state index in [0.29, 0.717) is 5.82 Å². The molecule has 1 heterocycles. The molecule has 26 heavy (non-hydrogen) atoms. The molecule has 0 saturated heterocycles. The van der Waals surface area contributed by atoms with Crippen LogP contribution in [0.4, 0.5) is 11.5 Å². The number of anilines is 2. The maximum Gasteiger partial charge on any atom is 0.319 e. The molecule has 3 rings (SSSR count). The zero-order chi connectivity index (χ0) is 18.4. The van der Waals surface area contributed by atoms with Crippen molar-refractivity contribution in [2.45, 2.75) is 6.92 Å². The standard InChI is InChI=1S/C20H17N3O3/c1-3-15-7-6-8-16(13-15)21-19-17-9-4-5-10-18(17)22-20(23-19)26-12-11-25-14(2)24/h1,4-10,13H,11-12H2,2H3,(H,21,22,23). The summed E-state index contributed by atoms with van der Waals surface area (Å²) in [5.41, 5.74) is 2.32. The van der Waals surface area contributed by atoms with E-state index in [2.05, 4.69) is 21.2 Å². The second-order valence-electron chi connectivity index (χ2n) is 5.41. The van der Waals surface area contributed by atoms with Crippen molar-refractivity contribution in [3.63, 3.8) is 0 Å². The van der Waals surface area contributed by atoms with Crippen molar-refractivity contribution in [2.75, 3.05) is 18.5 Å². The van der Waals surface area contributed by atoms with Gasteiger partial charge >= 0.3 is 12.0 Å². The molecule has 0 aliphatic carbocycles. The third kappa shape index (κ3) is 4.28. The van der Waals surface area contributed by atoms with Gasteiger partial charge in [-0.05, 0) is 30.3 Å². The lowest BCUT2D eigenvalue weighted by atomic mass is 10.2. The predicted molar refractivity (Wildman–Crippen MR) is 99.3 cm³/mol. The van der Waals surface area contributed by atoms with Gasteiger partial charge in [0.25, 0.3) is 0 Å². The molecular formula is C20H17N3O3. The minimum atomic E-state index is -0.358. The lowest BCUT2D eigenvalue weighted by Gasteiger charge is -2.11. The Morgan fingerprint density at radius 1 is 1.15 bits per heavy atom. The molecule has 0 spiro atoms. The Morgan fingerprint density at radius 2 is 2.00 bits per heavy atom. The molecule has 2 aromatic carbocycles. The summed E-state index contributed by atoms with van der Waals surface area (Å²) in [6.45, 7) is 1.65. The lowest BCUT2D eigenvalue weighted by Crippen LogP contribution is -2.11. The molecule has 0 fully saturated rings. The van der Waals surface area contributed by atoms with Gasteiger partial charge < -0.3 is 14.8 Å². The Morgan fingerprint density at radius 3 is 2.81 bits per heavy atom. The normalized spacial score (nSPS) is 10.2. The summed E-state index contributed by atoms with van der Waals surface area (Å²) in [6, 6.07) is 15.3. The van der Waals surface area contributed by atoms with Gasteiger partial charge in [0, 0.05) is 23.6 Å². The van der Waals surface area contributed by atoms with Crippen molar-refractivity contribution in [1.82, 2.24) is 9.97 Å². The number of rotatable bonds is 6. The highest BCUT2D eigenvalue weighted by molar-refractivity contribution is 5.91. The molecule has 0 aliphatic rings. The number of hydrogen-bond acceptors (Lipinski definition) is 6. The maximum absolute atomic E-state index is 10.8. The molecule has 6 heteroatoms. The topological polar surface area (TPSA) is 73.3 Å². The summed E-state index contributed by atoms with van der Waals surface area (Å²) < 4.78 is 10.4. The summed E-state index contributed by atoms with van der Waals surface area (Å²) in [5.74, 6) is 2.85. The Bertz CT molecular complexity index is 979. The van der Waals surface area contributed by atoms with E-state index in [4.69, 9.17) is 15.9 Å². The highest BCUT2D eigenvalue weighted by Crippen LogP contribution is 2.26. The number of esters is 1. The Balaban J connectivity index is 1.87. The molecule has 0 bridgehead atoms. The molecule has 130 valence electrons. The van der Waals surface area contributed by atoms with E-state index >= 15 is 0 Å². The maximum atomic E-state index is 10.8. The number of hydrogen-bond donors (Lipinski definition) is 1. The van der Waals surface area contributed by atoms with E-state index < -0.39 is 0 Å². The van der Waals surface area contributed by atoms with E-state index in [1.54, 1.807) is 0 Å². The first kappa shape index (κ1) is 17.2. The third-order valence-electron chi connectivity index (χ3n) is 3.49. The van der Waals surface area contributed by atoms with E-state index in [-0.39, 0.29) is 25.2 Å². The number of carbonyl (C=O) groups excluding carboxylic acids is 1. The molecule has 0 atom stereocenters. The molecule has 0 aliphatic heterocycles. The van der Waals surface area contributed by atoms with E-state index in [9.17, 15) is 4.79 Å². The van der Waals surface area contributed by atoms with Crippen molar-refractivity contribution in [2.24, 2.45) is 0 Å². The fourth-order valence-electron chi connectivity index (χ4n) is 2.36. The first-order chi connectivity index (χ1) is 12.7. The molecule has 0 unspecified atom stereocenters. The smallest absolute Gasteiger partial charge is 0.319 e. The molecule has 1 N–H and O–H groups in total. The number of para-hydroxylation sites is 1. The molecule has 3 aromatic rings. The predicted octanol–water partition coefficient (Wildman–Crippen LogP) is 3.30. The fourth-order valence-corrected chi connectivity index (χ4v) is 2.36. The van der Waals surface area contributed by atoms with Gasteiger partial charge in [0.05, 0.1) is 5.52 Å². The van der Waals surface area contributed by atoms with Crippen LogP contribution >= 0.6 is 0 Å². The molecule has 0 radical (unpaired) electrons. The quantitative estimate of drug-likeness (QED) is 0.419. The first-order valence-corrected chi connectivity index (χ1v) is 8.02. The van der Waals surface area contributed by atoms with Crippen LogP contribution in [0.1, 0.15) is 12.5 Å². The Hall–Kier alpha value is -3.59. The number of aromatic nitrogens is 2. The van der Waals surface area contributed by atoms with Crippen LogP contribution in [0.5, 0.6) is 6.01 Å². The van der Waals surface area contributed by atoms with Crippen molar-refractivity contribution in [3.8, 4) is 18.4 Å². The van der Waals surface area contributed by atoms with Gasteiger partial charge in [-0.25, -0.2) is 0 Å². The lowest BCUT2D eigenvalue weighted by molar-refractivity contribution is -0.141. The van der Waals surface area contributed by atoms with Crippen molar-refractivity contribution >= 4 is 28.4 Å². The van der Waals surface area contributed by atoms with Gasteiger partial charge in [-0.1, -0.05) is 24.1 Å². The average Bonchev–Trinajstić information content (AvgIpc) is 2.65. The van der Waals surface area contributed by atoms with Gasteiger partial charge in [-0.3, -0.25) is 4.79 Å². The van der Waals surface area contributed by atoms with Crippen LogP contribution in [0.25, 0.3) is 10.9 Å². The van der Waals surface area contributed by atoms with E-state index in [1.807, 2.05) is 48.5 Å². The minimum Gasteiger partial charge on any atom is -0.462 e. The molecule has 1 aromatic heterocycles. The van der Waals surface area contributed by atoms with Gasteiger partial charge in [0.2, 0.25) is 0 Å². The molecule has 0 amide bonds. The van der Waals surface area contributed by atoms with Crippen LogP contribution in [0.2, 0.25) is 0 Å². The Kier molecular flexibility index (Phi) is 5.30. The number of nitrogens with zero attached hydrogens (tertiary/aromatic N) is 2. The fraction of sp³-hybridized carbons (Fsp3) is 0.150. The van der Waals surface area contributed by atoms with Crippen LogP contribution in [-0.2, 0) is 9.53 Å². The summed E-state index contributed by atoms with van der Waals surface area (Å²) in [5, 5.41) is 4.11. The number of carbonyl (C=O) groups is 1. The minimum absolute atomic E-state index is 0.137. The second kappa shape index (κ2) is 7.99. The van der Waals surface area contributed by atoms with Crippen LogP contribution in [0.15, 0.2) is 48.5 Å². The number of benzene rings is 2. The van der Waals surface area contributed by atoms with Crippen LogP contribution < -0.4 is 10.1 Å². The largest absolute Gasteiger partial charge is 0.462 e.